The molecule has 1 aromatic rings. The van der Waals surface area contributed by atoms with E-state index in [9.17, 15) is 4.79 Å². The fourth-order valence-electron chi connectivity index (χ4n) is 3.56. The Morgan fingerprint density at radius 1 is 1.35 bits per heavy atom. The maximum atomic E-state index is 12.2. The van der Waals surface area contributed by atoms with Gasteiger partial charge in [-0.15, -0.1) is 0 Å². The van der Waals surface area contributed by atoms with Gasteiger partial charge in [-0.25, -0.2) is 4.98 Å². The molecule has 23 heavy (non-hydrogen) atoms. The first-order valence-corrected chi connectivity index (χ1v) is 8.20. The fourth-order valence-corrected chi connectivity index (χ4v) is 3.56. The van der Waals surface area contributed by atoms with Crippen LogP contribution >= 0.6 is 0 Å². The number of piperidine rings is 1. The Kier molecular flexibility index (Phi) is 5.07. The molecule has 1 aromatic heterocycles. The molecule has 0 aliphatic carbocycles. The van der Waals surface area contributed by atoms with Gasteiger partial charge in [0.25, 0.3) is 0 Å². The number of amides is 1. The molecule has 3 heterocycles. The smallest absolute Gasteiger partial charge is 0.224 e. The summed E-state index contributed by atoms with van der Waals surface area (Å²) < 4.78 is 5.85. The average Bonchev–Trinajstić information content (AvgIpc) is 2.79. The zero-order valence-corrected chi connectivity index (χ0v) is 13.4. The van der Waals surface area contributed by atoms with Crippen LogP contribution in [0.2, 0.25) is 0 Å². The third-order valence-corrected chi connectivity index (χ3v) is 4.65. The van der Waals surface area contributed by atoms with E-state index in [1.165, 1.54) is 0 Å². The van der Waals surface area contributed by atoms with Crippen LogP contribution < -0.4 is 4.90 Å². The number of aliphatic hydroxyl groups is 1. The van der Waals surface area contributed by atoms with Gasteiger partial charge >= 0.3 is 0 Å². The molecule has 0 radical (unpaired) electrons. The lowest BCUT2D eigenvalue weighted by molar-refractivity contribution is -0.136. The van der Waals surface area contributed by atoms with E-state index in [0.717, 1.165) is 38.3 Å². The lowest BCUT2D eigenvalue weighted by Gasteiger charge is -2.43. The molecule has 0 bridgehead atoms. The molecule has 2 aliphatic heterocycles. The van der Waals surface area contributed by atoms with E-state index in [1.807, 2.05) is 4.90 Å². The minimum atomic E-state index is -0.0927. The number of ether oxygens (including phenoxy) is 1. The Bertz CT molecular complexity index is 527. The third kappa shape index (κ3) is 3.79. The highest BCUT2D eigenvalue weighted by Gasteiger charge is 2.40. The number of rotatable bonds is 3. The summed E-state index contributed by atoms with van der Waals surface area (Å²) in [5, 5.41) is 9.01. The van der Waals surface area contributed by atoms with Crippen LogP contribution in [0.15, 0.2) is 18.6 Å². The van der Waals surface area contributed by atoms with Gasteiger partial charge < -0.3 is 19.6 Å². The number of likely N-dealkylation sites (tertiary alicyclic amines) is 1. The van der Waals surface area contributed by atoms with Crippen molar-refractivity contribution >= 4 is 11.7 Å². The van der Waals surface area contributed by atoms with Crippen molar-refractivity contribution in [3.63, 3.8) is 0 Å². The number of carbonyl (C=O) groups is 1. The molecule has 1 spiro atoms. The van der Waals surface area contributed by atoms with Crippen molar-refractivity contribution in [2.45, 2.75) is 19.3 Å². The summed E-state index contributed by atoms with van der Waals surface area (Å²) >= 11 is 0. The zero-order valence-electron chi connectivity index (χ0n) is 13.4. The number of hydrogen-bond donors (Lipinski definition) is 1. The molecule has 0 saturated carbocycles. The molecule has 1 unspecified atom stereocenters. The van der Waals surface area contributed by atoms with Gasteiger partial charge in [-0.3, -0.25) is 9.78 Å². The van der Waals surface area contributed by atoms with E-state index < -0.39 is 0 Å². The van der Waals surface area contributed by atoms with E-state index in [1.54, 1.807) is 18.6 Å². The molecular formula is C16H24N4O3. The SMILES string of the molecule is O=C(CCO)N1CCCC2(COCCN(c3cnccn3)C2)C1. The summed E-state index contributed by atoms with van der Waals surface area (Å²) in [6.07, 6.45) is 7.35. The largest absolute Gasteiger partial charge is 0.396 e. The lowest BCUT2D eigenvalue weighted by Crippen LogP contribution is -2.52. The van der Waals surface area contributed by atoms with Crippen molar-refractivity contribution in [2.75, 3.05) is 50.9 Å². The van der Waals surface area contributed by atoms with Crippen LogP contribution in [-0.2, 0) is 9.53 Å². The second kappa shape index (κ2) is 7.23. The summed E-state index contributed by atoms with van der Waals surface area (Å²) in [4.78, 5) is 24.8. The van der Waals surface area contributed by atoms with Crippen molar-refractivity contribution in [1.29, 1.82) is 0 Å². The number of aliphatic hydroxyl groups excluding tert-OH is 1. The monoisotopic (exact) mass is 320 g/mol. The Morgan fingerprint density at radius 2 is 2.26 bits per heavy atom. The van der Waals surface area contributed by atoms with Crippen LogP contribution in [0, 0.1) is 5.41 Å². The van der Waals surface area contributed by atoms with E-state index in [-0.39, 0.29) is 24.3 Å². The molecular weight excluding hydrogens is 296 g/mol. The predicted molar refractivity (Wildman–Crippen MR) is 85.0 cm³/mol. The molecule has 1 N–H and O–H groups in total. The van der Waals surface area contributed by atoms with Crippen molar-refractivity contribution in [3.05, 3.63) is 18.6 Å². The number of hydrogen-bond acceptors (Lipinski definition) is 6. The summed E-state index contributed by atoms with van der Waals surface area (Å²) in [7, 11) is 0. The number of nitrogens with zero attached hydrogens (tertiary/aromatic N) is 4. The molecule has 0 aromatic carbocycles. The standard InChI is InChI=1S/C16H24N4O3/c21-8-2-15(22)20-6-1-3-16(12-20)11-19(7-9-23-13-16)14-10-17-4-5-18-14/h4-5,10,21H,1-3,6-9,11-13H2. The highest BCUT2D eigenvalue weighted by molar-refractivity contribution is 5.76. The highest BCUT2D eigenvalue weighted by atomic mass is 16.5. The van der Waals surface area contributed by atoms with Crippen molar-refractivity contribution in [1.82, 2.24) is 14.9 Å². The van der Waals surface area contributed by atoms with Crippen LogP contribution in [0.5, 0.6) is 0 Å². The maximum Gasteiger partial charge on any atom is 0.224 e. The Hall–Kier alpha value is -1.73. The predicted octanol–water partition coefficient (Wildman–Crippen LogP) is 0.304. The molecule has 7 heteroatoms. The Morgan fingerprint density at radius 3 is 3.04 bits per heavy atom. The molecule has 3 rings (SSSR count). The normalized spacial score (nSPS) is 25.4. The van der Waals surface area contributed by atoms with E-state index in [0.29, 0.717) is 19.8 Å². The maximum absolute atomic E-state index is 12.2. The average molecular weight is 320 g/mol. The summed E-state index contributed by atoms with van der Waals surface area (Å²) in [6.45, 7) is 4.27. The first-order chi connectivity index (χ1) is 11.2. The number of anilines is 1. The van der Waals surface area contributed by atoms with Crippen LogP contribution in [0.1, 0.15) is 19.3 Å². The van der Waals surface area contributed by atoms with E-state index in [2.05, 4.69) is 14.9 Å². The second-order valence-corrected chi connectivity index (χ2v) is 6.43. The minimum absolute atomic E-state index is 0.0295. The fraction of sp³-hybridized carbons (Fsp3) is 0.688. The van der Waals surface area contributed by atoms with Crippen molar-refractivity contribution in [3.8, 4) is 0 Å². The molecule has 7 nitrogen and oxygen atoms in total. The topological polar surface area (TPSA) is 78.8 Å². The van der Waals surface area contributed by atoms with Gasteiger partial charge in [0.15, 0.2) is 0 Å². The molecule has 2 saturated heterocycles. The summed E-state index contributed by atoms with van der Waals surface area (Å²) in [5.74, 6) is 0.887. The lowest BCUT2D eigenvalue weighted by atomic mass is 9.80. The quantitative estimate of drug-likeness (QED) is 0.863. The van der Waals surface area contributed by atoms with E-state index in [4.69, 9.17) is 9.84 Å². The Balaban J connectivity index is 1.75. The third-order valence-electron chi connectivity index (χ3n) is 4.65. The van der Waals surface area contributed by atoms with Gasteiger partial charge in [0.05, 0.1) is 26.0 Å². The second-order valence-electron chi connectivity index (χ2n) is 6.43. The van der Waals surface area contributed by atoms with E-state index >= 15 is 0 Å². The van der Waals surface area contributed by atoms with Crippen molar-refractivity contribution in [2.24, 2.45) is 5.41 Å². The van der Waals surface area contributed by atoms with Crippen LogP contribution in [0.4, 0.5) is 5.82 Å². The Labute approximate surface area is 136 Å². The first kappa shape index (κ1) is 16.1. The van der Waals surface area contributed by atoms with Gasteiger partial charge in [-0.05, 0) is 12.8 Å². The van der Waals surface area contributed by atoms with Crippen LogP contribution in [0.25, 0.3) is 0 Å². The molecule has 1 amide bonds. The van der Waals surface area contributed by atoms with Crippen molar-refractivity contribution < 1.29 is 14.6 Å². The number of carbonyl (C=O) groups excluding carboxylic acids is 1. The molecule has 2 aliphatic rings. The van der Waals surface area contributed by atoms with Crippen LogP contribution in [-0.4, -0.2) is 71.9 Å². The first-order valence-electron chi connectivity index (χ1n) is 8.20. The number of aromatic nitrogens is 2. The zero-order chi connectivity index (χ0) is 16.1. The summed E-state index contributed by atoms with van der Waals surface area (Å²) in [6, 6.07) is 0. The highest BCUT2D eigenvalue weighted by Crippen LogP contribution is 2.34. The minimum Gasteiger partial charge on any atom is -0.396 e. The van der Waals surface area contributed by atoms with Gasteiger partial charge in [0.1, 0.15) is 5.82 Å². The summed E-state index contributed by atoms with van der Waals surface area (Å²) in [5.41, 5.74) is -0.0720. The van der Waals surface area contributed by atoms with Gasteiger partial charge in [-0.1, -0.05) is 0 Å². The molecule has 126 valence electrons. The molecule has 1 atom stereocenters. The van der Waals surface area contributed by atoms with Gasteiger partial charge in [-0.2, -0.15) is 0 Å². The molecule has 2 fully saturated rings. The van der Waals surface area contributed by atoms with Gasteiger partial charge in [0.2, 0.25) is 5.91 Å². The van der Waals surface area contributed by atoms with Crippen LogP contribution in [0.3, 0.4) is 0 Å². The van der Waals surface area contributed by atoms with Gasteiger partial charge in [0, 0.05) is 50.4 Å².